The maximum absolute atomic E-state index is 11.2. The summed E-state index contributed by atoms with van der Waals surface area (Å²) >= 11 is 1.85. The van der Waals surface area contributed by atoms with Gasteiger partial charge in [0, 0.05) is 15.9 Å². The molecule has 0 fully saturated rings. The molecule has 0 bridgehead atoms. The monoisotopic (exact) mass is 459 g/mol. The van der Waals surface area contributed by atoms with Crippen LogP contribution in [0.3, 0.4) is 0 Å². The molecular weight excluding hydrogens is 438 g/mol. The molecule has 164 valence electrons. The lowest BCUT2D eigenvalue weighted by molar-refractivity contribution is -0.123. The van der Waals surface area contributed by atoms with Gasteiger partial charge in [0.1, 0.15) is 0 Å². The SMILES string of the molecule is O=C1C=C(c2ccccc2)C(=O)N1.c1ccc2c(Sc3cccc4ccccc34)cccc2c1. The first-order chi connectivity index (χ1) is 16.7. The maximum Gasteiger partial charge on any atom is 0.258 e. The van der Waals surface area contributed by atoms with Crippen LogP contribution >= 0.6 is 11.8 Å². The topological polar surface area (TPSA) is 46.2 Å². The molecule has 5 aromatic rings. The smallest absolute Gasteiger partial charge is 0.258 e. The normalized spacial score (nSPS) is 12.8. The van der Waals surface area contributed by atoms with E-state index in [1.165, 1.54) is 37.4 Å². The summed E-state index contributed by atoms with van der Waals surface area (Å²) in [5, 5.41) is 7.42. The van der Waals surface area contributed by atoms with Crippen molar-refractivity contribution in [1.82, 2.24) is 5.32 Å². The number of imide groups is 1. The Morgan fingerprint density at radius 2 is 1.03 bits per heavy atom. The van der Waals surface area contributed by atoms with Gasteiger partial charge in [-0.1, -0.05) is 115 Å². The van der Waals surface area contributed by atoms with Crippen molar-refractivity contribution in [3.8, 4) is 0 Å². The first-order valence-electron chi connectivity index (χ1n) is 10.9. The van der Waals surface area contributed by atoms with E-state index in [0.29, 0.717) is 5.57 Å². The Bertz CT molecular complexity index is 1450. The molecule has 1 N–H and O–H groups in total. The van der Waals surface area contributed by atoms with Gasteiger partial charge in [0.25, 0.3) is 11.8 Å². The zero-order chi connectivity index (χ0) is 23.3. The summed E-state index contributed by atoms with van der Waals surface area (Å²) in [5.74, 6) is -0.667. The van der Waals surface area contributed by atoms with E-state index in [9.17, 15) is 9.59 Å². The number of rotatable bonds is 3. The first kappa shape index (κ1) is 21.7. The van der Waals surface area contributed by atoms with Crippen molar-refractivity contribution in [3.05, 3.63) is 127 Å². The van der Waals surface area contributed by atoms with Crippen molar-refractivity contribution in [1.29, 1.82) is 0 Å². The zero-order valence-electron chi connectivity index (χ0n) is 18.3. The molecule has 1 heterocycles. The van der Waals surface area contributed by atoms with Crippen LogP contribution in [0, 0.1) is 0 Å². The van der Waals surface area contributed by atoms with Gasteiger partial charge in [0.15, 0.2) is 0 Å². The second kappa shape index (κ2) is 9.77. The van der Waals surface area contributed by atoms with E-state index in [2.05, 4.69) is 90.2 Å². The number of amides is 2. The van der Waals surface area contributed by atoms with Crippen molar-refractivity contribution in [2.75, 3.05) is 0 Å². The van der Waals surface area contributed by atoms with Crippen LogP contribution in [-0.2, 0) is 9.59 Å². The fourth-order valence-corrected chi connectivity index (χ4v) is 5.05. The third kappa shape index (κ3) is 4.63. The van der Waals surface area contributed by atoms with Gasteiger partial charge in [-0.2, -0.15) is 0 Å². The van der Waals surface area contributed by atoms with E-state index in [4.69, 9.17) is 0 Å². The molecule has 5 aromatic carbocycles. The van der Waals surface area contributed by atoms with Gasteiger partial charge in [0.2, 0.25) is 0 Å². The molecule has 0 aromatic heterocycles. The van der Waals surface area contributed by atoms with Gasteiger partial charge < -0.3 is 0 Å². The van der Waals surface area contributed by atoms with Crippen molar-refractivity contribution >= 4 is 50.7 Å². The van der Waals surface area contributed by atoms with Gasteiger partial charge in [-0.15, -0.1) is 0 Å². The predicted molar refractivity (Wildman–Crippen MR) is 140 cm³/mol. The standard InChI is InChI=1S/C20H14S.C10H7NO2/c1-3-11-17-15(7-1)9-5-13-19(17)21-20-14-6-10-16-8-2-4-12-18(16)20;12-9-6-8(10(13)11-9)7-4-2-1-3-5-7/h1-14H;1-6H,(H,11,12,13). The quantitative estimate of drug-likeness (QED) is 0.300. The van der Waals surface area contributed by atoms with Crippen LogP contribution in [-0.4, -0.2) is 11.8 Å². The van der Waals surface area contributed by atoms with E-state index < -0.39 is 0 Å². The minimum Gasteiger partial charge on any atom is -0.289 e. The highest BCUT2D eigenvalue weighted by atomic mass is 32.2. The van der Waals surface area contributed by atoms with E-state index >= 15 is 0 Å². The van der Waals surface area contributed by atoms with Crippen molar-refractivity contribution < 1.29 is 9.59 Å². The maximum atomic E-state index is 11.2. The van der Waals surface area contributed by atoms with Crippen LogP contribution in [0.5, 0.6) is 0 Å². The zero-order valence-corrected chi connectivity index (χ0v) is 19.1. The molecule has 1 aliphatic rings. The number of hydrogen-bond acceptors (Lipinski definition) is 3. The highest BCUT2D eigenvalue weighted by molar-refractivity contribution is 7.99. The highest BCUT2D eigenvalue weighted by Crippen LogP contribution is 2.37. The van der Waals surface area contributed by atoms with Crippen molar-refractivity contribution in [2.45, 2.75) is 9.79 Å². The lowest BCUT2D eigenvalue weighted by atomic mass is 10.1. The molecule has 0 radical (unpaired) electrons. The molecular formula is C30H21NO2S. The first-order valence-corrected chi connectivity index (χ1v) is 11.8. The Morgan fingerprint density at radius 3 is 1.56 bits per heavy atom. The summed E-state index contributed by atoms with van der Waals surface area (Å²) < 4.78 is 0. The van der Waals surface area contributed by atoms with Gasteiger partial charge in [-0.05, 0) is 39.2 Å². The summed E-state index contributed by atoms with van der Waals surface area (Å²) in [5.41, 5.74) is 1.21. The van der Waals surface area contributed by atoms with Crippen LogP contribution in [0.1, 0.15) is 5.56 Å². The van der Waals surface area contributed by atoms with Crippen LogP contribution in [0.15, 0.2) is 131 Å². The van der Waals surface area contributed by atoms with Crippen LogP contribution in [0.25, 0.3) is 27.1 Å². The summed E-state index contributed by atoms with van der Waals surface area (Å²) in [7, 11) is 0. The van der Waals surface area contributed by atoms with Crippen molar-refractivity contribution in [3.63, 3.8) is 0 Å². The predicted octanol–water partition coefficient (Wildman–Crippen LogP) is 6.87. The van der Waals surface area contributed by atoms with Gasteiger partial charge in [0.05, 0.1) is 5.57 Å². The Kier molecular flexibility index (Phi) is 6.23. The minimum absolute atomic E-state index is 0.323. The number of hydrogen-bond donors (Lipinski definition) is 1. The Labute approximate surface area is 202 Å². The van der Waals surface area contributed by atoms with Crippen LogP contribution in [0.2, 0.25) is 0 Å². The summed E-state index contributed by atoms with van der Waals surface area (Å²) in [6.07, 6.45) is 1.32. The molecule has 0 spiro atoms. The molecule has 0 unspecified atom stereocenters. The molecule has 0 saturated carbocycles. The Hall–Kier alpha value is -4.15. The number of carbonyl (C=O) groups is 2. The molecule has 0 aliphatic carbocycles. The van der Waals surface area contributed by atoms with Crippen LogP contribution < -0.4 is 5.32 Å². The molecule has 0 saturated heterocycles. The molecule has 4 heteroatoms. The van der Waals surface area contributed by atoms with E-state index in [-0.39, 0.29) is 11.8 Å². The van der Waals surface area contributed by atoms with Crippen molar-refractivity contribution in [2.24, 2.45) is 0 Å². The highest BCUT2D eigenvalue weighted by Gasteiger charge is 2.21. The molecule has 0 atom stereocenters. The fraction of sp³-hybridized carbons (Fsp3) is 0. The van der Waals surface area contributed by atoms with Gasteiger partial charge >= 0.3 is 0 Å². The number of carbonyl (C=O) groups excluding carboxylic acids is 2. The molecule has 3 nitrogen and oxygen atoms in total. The average Bonchev–Trinajstić information content (AvgIpc) is 3.23. The van der Waals surface area contributed by atoms with Gasteiger partial charge in [-0.3, -0.25) is 14.9 Å². The lowest BCUT2D eigenvalue weighted by Gasteiger charge is -2.09. The van der Waals surface area contributed by atoms with E-state index in [0.717, 1.165) is 5.56 Å². The second-order valence-corrected chi connectivity index (χ2v) is 8.88. The Morgan fingerprint density at radius 1 is 0.529 bits per heavy atom. The third-order valence-electron chi connectivity index (χ3n) is 5.56. The molecule has 34 heavy (non-hydrogen) atoms. The fourth-order valence-electron chi connectivity index (χ4n) is 3.93. The molecule has 1 aliphatic heterocycles. The molecule has 2 amide bonds. The Balaban J connectivity index is 0.000000159. The summed E-state index contributed by atoms with van der Waals surface area (Å²) in [6.45, 7) is 0. The minimum atomic E-state index is -0.344. The summed E-state index contributed by atoms with van der Waals surface area (Å²) in [6, 6.07) is 39.2. The molecule has 6 rings (SSSR count). The number of benzene rings is 5. The second-order valence-electron chi connectivity index (χ2n) is 7.80. The summed E-state index contributed by atoms with van der Waals surface area (Å²) in [4.78, 5) is 24.6. The van der Waals surface area contributed by atoms with Crippen LogP contribution in [0.4, 0.5) is 0 Å². The number of nitrogens with one attached hydrogen (secondary N) is 1. The number of fused-ring (bicyclic) bond motifs is 2. The average molecular weight is 460 g/mol. The lowest BCUT2D eigenvalue weighted by Crippen LogP contribution is -2.21. The largest absolute Gasteiger partial charge is 0.289 e. The van der Waals surface area contributed by atoms with E-state index in [1.54, 1.807) is 12.1 Å². The van der Waals surface area contributed by atoms with Gasteiger partial charge in [-0.25, -0.2) is 0 Å². The van der Waals surface area contributed by atoms with E-state index in [1.807, 2.05) is 30.0 Å². The third-order valence-corrected chi connectivity index (χ3v) is 6.71.